The molecule has 0 unspecified atom stereocenters. The molecular formula is C15H23N3O2S. The van der Waals surface area contributed by atoms with E-state index in [-0.39, 0.29) is 16.7 Å². The first-order valence-electron chi connectivity index (χ1n) is 7.19. The highest BCUT2D eigenvalue weighted by atomic mass is 32.1. The van der Waals surface area contributed by atoms with Gasteiger partial charge in [-0.2, -0.15) is 0 Å². The lowest BCUT2D eigenvalue weighted by Gasteiger charge is -2.40. The summed E-state index contributed by atoms with van der Waals surface area (Å²) < 4.78 is 0. The molecule has 0 aliphatic carbocycles. The Hall–Kier alpha value is -1.43. The van der Waals surface area contributed by atoms with E-state index in [0.717, 1.165) is 30.9 Å². The second-order valence-corrected chi connectivity index (χ2v) is 8.03. The van der Waals surface area contributed by atoms with E-state index >= 15 is 0 Å². The van der Waals surface area contributed by atoms with E-state index in [4.69, 9.17) is 5.73 Å². The molecule has 1 aliphatic heterocycles. The van der Waals surface area contributed by atoms with E-state index in [1.54, 1.807) is 6.20 Å². The summed E-state index contributed by atoms with van der Waals surface area (Å²) in [6.45, 7) is 9.46. The van der Waals surface area contributed by atoms with Crippen molar-refractivity contribution in [1.29, 1.82) is 0 Å². The van der Waals surface area contributed by atoms with Crippen LogP contribution in [0.2, 0.25) is 0 Å². The summed E-state index contributed by atoms with van der Waals surface area (Å²) in [5, 5.41) is 0.944. The van der Waals surface area contributed by atoms with Crippen molar-refractivity contribution in [2.45, 2.75) is 46.0 Å². The SMILES string of the molecule is CC(C)(C)C(=O)N1CCC(C)(c2ncc(C(N)=O)s2)CC1. The normalized spacial score (nSPS) is 18.6. The molecule has 0 aromatic carbocycles. The zero-order chi connectivity index (χ0) is 15.8. The van der Waals surface area contributed by atoms with Crippen molar-refractivity contribution in [2.75, 3.05) is 13.1 Å². The van der Waals surface area contributed by atoms with Gasteiger partial charge in [0.25, 0.3) is 5.91 Å². The average Bonchev–Trinajstić information content (AvgIpc) is 2.88. The second kappa shape index (κ2) is 5.40. The molecule has 2 N–H and O–H groups in total. The van der Waals surface area contributed by atoms with Crippen LogP contribution in [0.5, 0.6) is 0 Å². The Bertz CT molecular complexity index is 552. The zero-order valence-corrected chi connectivity index (χ0v) is 13.9. The molecule has 0 saturated carbocycles. The Morgan fingerprint density at radius 1 is 1.33 bits per heavy atom. The first kappa shape index (κ1) is 15.9. The van der Waals surface area contributed by atoms with Crippen molar-refractivity contribution in [3.8, 4) is 0 Å². The third-order valence-electron chi connectivity index (χ3n) is 4.06. The van der Waals surface area contributed by atoms with Gasteiger partial charge in [0, 0.05) is 23.9 Å². The maximum atomic E-state index is 12.3. The number of amides is 2. The van der Waals surface area contributed by atoms with Gasteiger partial charge in [-0.25, -0.2) is 4.98 Å². The Kier molecular flexibility index (Phi) is 4.10. The first-order valence-corrected chi connectivity index (χ1v) is 8.01. The monoisotopic (exact) mass is 309 g/mol. The van der Waals surface area contributed by atoms with E-state index in [1.807, 2.05) is 25.7 Å². The van der Waals surface area contributed by atoms with Gasteiger partial charge >= 0.3 is 0 Å². The second-order valence-electron chi connectivity index (χ2n) is 7.00. The minimum absolute atomic E-state index is 0.0764. The van der Waals surface area contributed by atoms with Gasteiger partial charge in [0.2, 0.25) is 5.91 Å². The maximum Gasteiger partial charge on any atom is 0.260 e. The number of hydrogen-bond donors (Lipinski definition) is 1. The fraction of sp³-hybridized carbons (Fsp3) is 0.667. The van der Waals surface area contributed by atoms with Crippen molar-refractivity contribution in [3.63, 3.8) is 0 Å². The molecule has 1 fully saturated rings. The molecule has 1 aromatic rings. The number of nitrogens with zero attached hydrogens (tertiary/aromatic N) is 2. The molecule has 2 rings (SSSR count). The van der Waals surface area contributed by atoms with Crippen LogP contribution in [0, 0.1) is 5.41 Å². The number of primary amides is 1. The summed E-state index contributed by atoms with van der Waals surface area (Å²) in [7, 11) is 0. The average molecular weight is 309 g/mol. The van der Waals surface area contributed by atoms with Gasteiger partial charge in [0.1, 0.15) is 4.88 Å². The van der Waals surface area contributed by atoms with Crippen LogP contribution in [0.15, 0.2) is 6.20 Å². The summed E-state index contributed by atoms with van der Waals surface area (Å²) in [5.74, 6) is -0.232. The lowest BCUT2D eigenvalue weighted by molar-refractivity contribution is -0.141. The minimum Gasteiger partial charge on any atom is -0.365 e. The Morgan fingerprint density at radius 2 is 1.90 bits per heavy atom. The van der Waals surface area contributed by atoms with Crippen LogP contribution in [-0.4, -0.2) is 34.8 Å². The molecule has 0 spiro atoms. The number of likely N-dealkylation sites (tertiary alicyclic amines) is 1. The fourth-order valence-electron chi connectivity index (χ4n) is 2.56. The number of carbonyl (C=O) groups excluding carboxylic acids is 2. The molecule has 1 saturated heterocycles. The van der Waals surface area contributed by atoms with E-state index in [9.17, 15) is 9.59 Å². The van der Waals surface area contributed by atoms with Crippen LogP contribution < -0.4 is 5.73 Å². The number of aromatic nitrogens is 1. The number of rotatable bonds is 2. The number of nitrogens with two attached hydrogens (primary N) is 1. The molecule has 0 bridgehead atoms. The molecule has 0 radical (unpaired) electrons. The lowest BCUT2D eigenvalue weighted by Crippen LogP contribution is -2.47. The quantitative estimate of drug-likeness (QED) is 0.909. The number of hydrogen-bond acceptors (Lipinski definition) is 4. The van der Waals surface area contributed by atoms with E-state index < -0.39 is 5.91 Å². The molecule has 2 amide bonds. The minimum atomic E-state index is -0.428. The van der Waals surface area contributed by atoms with Gasteiger partial charge in [-0.1, -0.05) is 27.7 Å². The molecular weight excluding hydrogens is 286 g/mol. The third-order valence-corrected chi connectivity index (χ3v) is 5.38. The van der Waals surface area contributed by atoms with Crippen molar-refractivity contribution in [3.05, 3.63) is 16.1 Å². The molecule has 1 aliphatic rings. The number of carbonyl (C=O) groups is 2. The zero-order valence-electron chi connectivity index (χ0n) is 13.1. The molecule has 2 heterocycles. The van der Waals surface area contributed by atoms with Gasteiger partial charge in [-0.05, 0) is 12.8 Å². The Labute approximate surface area is 129 Å². The third kappa shape index (κ3) is 3.26. The van der Waals surface area contributed by atoms with Crippen LogP contribution >= 0.6 is 11.3 Å². The van der Waals surface area contributed by atoms with Crippen LogP contribution in [0.3, 0.4) is 0 Å². The van der Waals surface area contributed by atoms with Gasteiger partial charge < -0.3 is 10.6 Å². The predicted molar refractivity (Wildman–Crippen MR) is 83.3 cm³/mol. The van der Waals surface area contributed by atoms with Crippen molar-refractivity contribution in [2.24, 2.45) is 11.1 Å². The molecule has 116 valence electrons. The van der Waals surface area contributed by atoms with Crippen LogP contribution in [0.1, 0.15) is 55.2 Å². The van der Waals surface area contributed by atoms with Crippen molar-refractivity contribution in [1.82, 2.24) is 9.88 Å². The molecule has 1 aromatic heterocycles. The standard InChI is InChI=1S/C15H23N3O2S/c1-14(2,3)13(20)18-7-5-15(4,6-8-18)12-17-9-10(21-12)11(16)19/h9H,5-8H2,1-4H3,(H2,16,19). The van der Waals surface area contributed by atoms with Crippen LogP contribution in [0.25, 0.3) is 0 Å². The van der Waals surface area contributed by atoms with Crippen molar-refractivity contribution < 1.29 is 9.59 Å². The number of thiazole rings is 1. The Morgan fingerprint density at radius 3 is 2.33 bits per heavy atom. The number of piperidine rings is 1. The van der Waals surface area contributed by atoms with Gasteiger partial charge in [-0.15, -0.1) is 11.3 Å². The van der Waals surface area contributed by atoms with E-state index in [1.165, 1.54) is 11.3 Å². The molecule has 5 nitrogen and oxygen atoms in total. The van der Waals surface area contributed by atoms with Gasteiger partial charge in [0.05, 0.1) is 11.2 Å². The molecule has 0 atom stereocenters. The lowest BCUT2D eigenvalue weighted by atomic mass is 9.80. The molecule has 21 heavy (non-hydrogen) atoms. The predicted octanol–water partition coefficient (Wildman–Crippen LogP) is 2.17. The van der Waals surface area contributed by atoms with Crippen molar-refractivity contribution >= 4 is 23.2 Å². The van der Waals surface area contributed by atoms with E-state index in [0.29, 0.717) is 4.88 Å². The maximum absolute atomic E-state index is 12.3. The smallest absolute Gasteiger partial charge is 0.260 e. The summed E-state index contributed by atoms with van der Waals surface area (Å²) in [6, 6.07) is 0. The van der Waals surface area contributed by atoms with Crippen LogP contribution in [-0.2, 0) is 10.2 Å². The highest BCUT2D eigenvalue weighted by Crippen LogP contribution is 2.38. The van der Waals surface area contributed by atoms with Gasteiger partial charge in [-0.3, -0.25) is 9.59 Å². The van der Waals surface area contributed by atoms with Crippen LogP contribution in [0.4, 0.5) is 0 Å². The highest BCUT2D eigenvalue weighted by Gasteiger charge is 2.38. The summed E-state index contributed by atoms with van der Waals surface area (Å²) in [5.41, 5.74) is 4.87. The van der Waals surface area contributed by atoms with E-state index in [2.05, 4.69) is 11.9 Å². The summed E-state index contributed by atoms with van der Waals surface area (Å²) in [4.78, 5) is 30.3. The summed E-state index contributed by atoms with van der Waals surface area (Å²) in [6.07, 6.45) is 3.28. The summed E-state index contributed by atoms with van der Waals surface area (Å²) >= 11 is 1.37. The first-order chi connectivity index (χ1) is 9.63. The fourth-order valence-corrected chi connectivity index (χ4v) is 3.53. The topological polar surface area (TPSA) is 76.3 Å². The van der Waals surface area contributed by atoms with Gasteiger partial charge in [0.15, 0.2) is 0 Å². The Balaban J connectivity index is 2.08. The molecule has 6 heteroatoms. The largest absolute Gasteiger partial charge is 0.365 e. The highest BCUT2D eigenvalue weighted by molar-refractivity contribution is 7.13.